The van der Waals surface area contributed by atoms with Crippen molar-refractivity contribution in [1.82, 2.24) is 4.90 Å². The molecule has 0 heterocycles. The number of esters is 1. The molecule has 0 aliphatic heterocycles. The quantitative estimate of drug-likeness (QED) is 0.635. The number of nitrogens with two attached hydrogens (primary N) is 1. The summed E-state index contributed by atoms with van der Waals surface area (Å²) in [5, 5.41) is 0. The third-order valence-corrected chi connectivity index (χ3v) is 3.24. The second-order valence-electron chi connectivity index (χ2n) is 4.64. The van der Waals surface area contributed by atoms with Gasteiger partial charge in [0.1, 0.15) is 0 Å². The van der Waals surface area contributed by atoms with Crippen LogP contribution in [-0.4, -0.2) is 36.4 Å². The van der Waals surface area contributed by atoms with E-state index in [1.807, 2.05) is 0 Å². The van der Waals surface area contributed by atoms with Crippen molar-refractivity contribution in [2.24, 2.45) is 11.7 Å². The van der Waals surface area contributed by atoms with E-state index in [1.54, 1.807) is 0 Å². The molecule has 1 aliphatic rings. The van der Waals surface area contributed by atoms with E-state index in [4.69, 9.17) is 5.73 Å². The summed E-state index contributed by atoms with van der Waals surface area (Å²) in [5.74, 6) is -2.60. The molecule has 1 fully saturated rings. The van der Waals surface area contributed by atoms with Crippen LogP contribution in [0, 0.1) is 5.92 Å². The van der Waals surface area contributed by atoms with Crippen LogP contribution in [0.3, 0.4) is 0 Å². The standard InChI is InChI=1S/C11H17F3N2O3/c1-16(10(15)18)8(7-5-3-2-4-6-7)19-9(17)11(12,13)14/h7-8H,2-6H2,1H3,(H2,15,18). The third kappa shape index (κ3) is 4.29. The Morgan fingerprint density at radius 3 is 2.21 bits per heavy atom. The minimum Gasteiger partial charge on any atom is -0.434 e. The summed E-state index contributed by atoms with van der Waals surface area (Å²) in [4.78, 5) is 22.9. The van der Waals surface area contributed by atoms with Gasteiger partial charge in [-0.2, -0.15) is 13.2 Å². The molecule has 1 aliphatic carbocycles. The molecule has 0 saturated heterocycles. The molecule has 1 rings (SSSR count). The average Bonchev–Trinajstić information content (AvgIpc) is 2.34. The van der Waals surface area contributed by atoms with E-state index in [0.717, 1.165) is 24.2 Å². The molecular formula is C11H17F3N2O3. The van der Waals surface area contributed by atoms with Gasteiger partial charge in [-0.05, 0) is 12.8 Å². The molecule has 0 aromatic carbocycles. The summed E-state index contributed by atoms with van der Waals surface area (Å²) in [7, 11) is 1.23. The Morgan fingerprint density at radius 1 is 1.26 bits per heavy atom. The second-order valence-corrected chi connectivity index (χ2v) is 4.64. The number of rotatable bonds is 3. The van der Waals surface area contributed by atoms with Crippen LogP contribution >= 0.6 is 0 Å². The first-order valence-electron chi connectivity index (χ1n) is 6.03. The Morgan fingerprint density at radius 2 is 1.79 bits per heavy atom. The van der Waals surface area contributed by atoms with Crippen molar-refractivity contribution < 1.29 is 27.5 Å². The van der Waals surface area contributed by atoms with Crippen molar-refractivity contribution in [2.45, 2.75) is 44.5 Å². The van der Waals surface area contributed by atoms with E-state index in [1.165, 1.54) is 7.05 Å². The zero-order valence-corrected chi connectivity index (χ0v) is 10.6. The lowest BCUT2D eigenvalue weighted by Crippen LogP contribution is -2.49. The summed E-state index contributed by atoms with van der Waals surface area (Å²) in [6.07, 6.45) is -2.48. The molecule has 0 aromatic heterocycles. The molecular weight excluding hydrogens is 265 g/mol. The Kier molecular flexibility index (Phi) is 5.02. The largest absolute Gasteiger partial charge is 0.491 e. The van der Waals surface area contributed by atoms with Crippen molar-refractivity contribution in [1.29, 1.82) is 0 Å². The molecule has 0 aromatic rings. The number of ether oxygens (including phenoxy) is 1. The number of hydrogen-bond donors (Lipinski definition) is 1. The van der Waals surface area contributed by atoms with Crippen molar-refractivity contribution in [3.05, 3.63) is 0 Å². The second kappa shape index (κ2) is 6.12. The molecule has 19 heavy (non-hydrogen) atoms. The van der Waals surface area contributed by atoms with Gasteiger partial charge in [-0.3, -0.25) is 4.90 Å². The fourth-order valence-corrected chi connectivity index (χ4v) is 2.21. The first-order valence-corrected chi connectivity index (χ1v) is 6.03. The molecule has 1 saturated carbocycles. The van der Waals surface area contributed by atoms with Crippen LogP contribution in [0.1, 0.15) is 32.1 Å². The van der Waals surface area contributed by atoms with E-state index in [2.05, 4.69) is 4.74 Å². The van der Waals surface area contributed by atoms with E-state index < -0.39 is 24.4 Å². The SMILES string of the molecule is CN(C(N)=O)C(OC(=O)C(F)(F)F)C1CCCCC1. The maximum absolute atomic E-state index is 12.2. The van der Waals surface area contributed by atoms with E-state index in [9.17, 15) is 22.8 Å². The lowest BCUT2D eigenvalue weighted by Gasteiger charge is -2.35. The molecule has 1 unspecified atom stereocenters. The number of urea groups is 1. The van der Waals surface area contributed by atoms with Crippen LogP contribution in [0.2, 0.25) is 0 Å². The highest BCUT2D eigenvalue weighted by atomic mass is 19.4. The molecule has 8 heteroatoms. The Hall–Kier alpha value is -1.47. The van der Waals surface area contributed by atoms with E-state index in [0.29, 0.717) is 12.8 Å². The molecule has 5 nitrogen and oxygen atoms in total. The van der Waals surface area contributed by atoms with Crippen molar-refractivity contribution in [3.63, 3.8) is 0 Å². The van der Waals surface area contributed by atoms with E-state index >= 15 is 0 Å². The number of amides is 2. The number of halogens is 3. The van der Waals surface area contributed by atoms with Gasteiger partial charge in [0, 0.05) is 13.0 Å². The number of hydrogen-bond acceptors (Lipinski definition) is 3. The monoisotopic (exact) mass is 282 g/mol. The van der Waals surface area contributed by atoms with Crippen LogP contribution in [0.4, 0.5) is 18.0 Å². The first-order chi connectivity index (χ1) is 8.73. The van der Waals surface area contributed by atoms with Gasteiger partial charge in [-0.25, -0.2) is 9.59 Å². The summed E-state index contributed by atoms with van der Waals surface area (Å²) in [6.45, 7) is 0. The minimum absolute atomic E-state index is 0.308. The third-order valence-electron chi connectivity index (χ3n) is 3.24. The summed E-state index contributed by atoms with van der Waals surface area (Å²) >= 11 is 0. The Bertz CT molecular complexity index is 341. The molecule has 0 bridgehead atoms. The predicted molar refractivity (Wildman–Crippen MR) is 59.9 cm³/mol. The molecule has 110 valence electrons. The highest BCUT2D eigenvalue weighted by Gasteiger charge is 2.44. The average molecular weight is 282 g/mol. The number of nitrogens with zero attached hydrogens (tertiary/aromatic N) is 1. The lowest BCUT2D eigenvalue weighted by atomic mass is 9.87. The van der Waals surface area contributed by atoms with Gasteiger partial charge >= 0.3 is 18.2 Å². The van der Waals surface area contributed by atoms with Crippen LogP contribution in [0.25, 0.3) is 0 Å². The van der Waals surface area contributed by atoms with Gasteiger partial charge in [0.2, 0.25) is 0 Å². The first kappa shape index (κ1) is 15.6. The summed E-state index contributed by atoms with van der Waals surface area (Å²) < 4.78 is 41.1. The predicted octanol–water partition coefficient (Wildman–Crippen LogP) is 2.01. The highest BCUT2D eigenvalue weighted by Crippen LogP contribution is 2.30. The molecule has 1 atom stereocenters. The van der Waals surface area contributed by atoms with Gasteiger partial charge < -0.3 is 10.5 Å². The van der Waals surface area contributed by atoms with Gasteiger partial charge in [-0.15, -0.1) is 0 Å². The number of carbonyl (C=O) groups excluding carboxylic acids is 2. The highest BCUT2D eigenvalue weighted by molar-refractivity contribution is 5.77. The van der Waals surface area contributed by atoms with Gasteiger partial charge in [-0.1, -0.05) is 19.3 Å². The van der Waals surface area contributed by atoms with Gasteiger partial charge in [0.05, 0.1) is 0 Å². The summed E-state index contributed by atoms with van der Waals surface area (Å²) in [6, 6.07) is -0.925. The van der Waals surface area contributed by atoms with Crippen molar-refractivity contribution in [2.75, 3.05) is 7.05 Å². The number of primary amides is 1. The zero-order chi connectivity index (χ0) is 14.6. The fourth-order valence-electron chi connectivity index (χ4n) is 2.21. The Labute approximate surface area is 108 Å². The van der Waals surface area contributed by atoms with Crippen LogP contribution < -0.4 is 5.73 Å². The number of carbonyl (C=O) groups is 2. The van der Waals surface area contributed by atoms with Gasteiger partial charge in [0.15, 0.2) is 6.23 Å². The zero-order valence-electron chi connectivity index (χ0n) is 10.6. The molecule has 0 spiro atoms. The van der Waals surface area contributed by atoms with Crippen LogP contribution in [0.15, 0.2) is 0 Å². The minimum atomic E-state index is -5.08. The maximum atomic E-state index is 12.2. The fraction of sp³-hybridized carbons (Fsp3) is 0.818. The van der Waals surface area contributed by atoms with E-state index in [-0.39, 0.29) is 5.92 Å². The molecule has 2 amide bonds. The molecule has 2 N–H and O–H groups in total. The molecule has 0 radical (unpaired) electrons. The van der Waals surface area contributed by atoms with Crippen molar-refractivity contribution >= 4 is 12.0 Å². The summed E-state index contributed by atoms with van der Waals surface area (Å²) in [5.41, 5.74) is 5.04. The topological polar surface area (TPSA) is 72.6 Å². The van der Waals surface area contributed by atoms with Crippen LogP contribution in [0.5, 0.6) is 0 Å². The van der Waals surface area contributed by atoms with Crippen molar-refractivity contribution in [3.8, 4) is 0 Å². The lowest BCUT2D eigenvalue weighted by molar-refractivity contribution is -0.214. The van der Waals surface area contributed by atoms with Crippen LogP contribution in [-0.2, 0) is 9.53 Å². The number of alkyl halides is 3. The van der Waals surface area contributed by atoms with Gasteiger partial charge in [0.25, 0.3) is 0 Å². The normalized spacial score (nSPS) is 18.7. The smallest absolute Gasteiger partial charge is 0.434 e. The maximum Gasteiger partial charge on any atom is 0.491 e. The Balaban J connectivity index is 2.80.